The van der Waals surface area contributed by atoms with E-state index >= 15 is 8.78 Å². The van der Waals surface area contributed by atoms with Crippen LogP contribution in [0.1, 0.15) is 80.9 Å². The number of carbonyl (C=O) groups excluding carboxylic acids is 3. The molecule has 1 aliphatic rings. The molecule has 0 aliphatic carbocycles. The molecule has 1 aliphatic heterocycles. The van der Waals surface area contributed by atoms with Gasteiger partial charge in [0.1, 0.15) is 22.8 Å². The molecule has 5 atom stereocenters. The van der Waals surface area contributed by atoms with Crippen LogP contribution in [-0.2, 0) is 30.8 Å². The number of Topliss-reactive ketones (excluding diaryl/α,β-unsaturated/α-hetero) is 1. The van der Waals surface area contributed by atoms with Gasteiger partial charge >= 0.3 is 12.1 Å². The SMILES string of the molecule is COc1cc(C(=O)OC(C)OC(=O)OC(C)C)ccc1CC(=O)[C@@H]1N[C@@H](CC(C)(C)C)[C@](C#N)(c2ccc(Cl)cc2F)[C@H]1c1cccc(Cl)c1F. The number of ketones is 1. The lowest BCUT2D eigenvalue weighted by Gasteiger charge is -2.37. The zero-order valence-corrected chi connectivity index (χ0v) is 30.8. The number of carbonyl (C=O) groups is 3. The van der Waals surface area contributed by atoms with Gasteiger partial charge in [-0.25, -0.2) is 18.4 Å². The highest BCUT2D eigenvalue weighted by Crippen LogP contribution is 2.53. The van der Waals surface area contributed by atoms with Crippen molar-refractivity contribution in [2.24, 2.45) is 5.41 Å². The van der Waals surface area contributed by atoms with Gasteiger partial charge in [-0.1, -0.05) is 68.2 Å². The van der Waals surface area contributed by atoms with Crippen LogP contribution in [0, 0.1) is 28.4 Å². The smallest absolute Gasteiger partial charge is 0.496 e. The molecule has 1 fully saturated rings. The minimum atomic E-state index is -1.79. The largest absolute Gasteiger partial charge is 0.511 e. The van der Waals surface area contributed by atoms with Crippen molar-refractivity contribution in [1.29, 1.82) is 5.26 Å². The Morgan fingerprint density at radius 3 is 2.31 bits per heavy atom. The molecule has 0 amide bonds. The Morgan fingerprint density at radius 1 is 1.00 bits per heavy atom. The monoisotopic (exact) mass is 744 g/mol. The number of rotatable bonds is 11. The molecule has 0 bridgehead atoms. The van der Waals surface area contributed by atoms with E-state index in [9.17, 15) is 19.6 Å². The van der Waals surface area contributed by atoms with Crippen LogP contribution in [0.25, 0.3) is 0 Å². The lowest BCUT2D eigenvalue weighted by Crippen LogP contribution is -2.44. The molecule has 51 heavy (non-hydrogen) atoms. The number of nitriles is 1. The number of esters is 1. The predicted molar refractivity (Wildman–Crippen MR) is 187 cm³/mol. The predicted octanol–water partition coefficient (Wildman–Crippen LogP) is 8.48. The Balaban J connectivity index is 1.75. The van der Waals surface area contributed by atoms with E-state index in [1.807, 2.05) is 20.8 Å². The Hall–Kier alpha value is -4.24. The first-order valence-electron chi connectivity index (χ1n) is 16.3. The highest BCUT2D eigenvalue weighted by atomic mass is 35.5. The van der Waals surface area contributed by atoms with Crippen LogP contribution in [0.5, 0.6) is 5.75 Å². The van der Waals surface area contributed by atoms with E-state index in [0.717, 1.165) is 6.07 Å². The highest BCUT2D eigenvalue weighted by Gasteiger charge is 2.61. The minimum Gasteiger partial charge on any atom is -0.496 e. The molecule has 0 spiro atoms. The van der Waals surface area contributed by atoms with Gasteiger partial charge in [-0.3, -0.25) is 4.79 Å². The fourth-order valence-electron chi connectivity index (χ4n) is 6.52. The highest BCUT2D eigenvalue weighted by molar-refractivity contribution is 6.31. The summed E-state index contributed by atoms with van der Waals surface area (Å²) < 4.78 is 52.5. The molecule has 9 nitrogen and oxygen atoms in total. The Kier molecular flexibility index (Phi) is 12.4. The molecule has 0 radical (unpaired) electrons. The lowest BCUT2D eigenvalue weighted by molar-refractivity contribution is -0.120. The Bertz CT molecular complexity index is 1840. The van der Waals surface area contributed by atoms with E-state index in [1.165, 1.54) is 62.6 Å². The number of benzene rings is 3. The zero-order chi connectivity index (χ0) is 37.8. The summed E-state index contributed by atoms with van der Waals surface area (Å²) in [6, 6.07) is 12.8. The van der Waals surface area contributed by atoms with Crippen molar-refractivity contribution < 1.29 is 42.1 Å². The van der Waals surface area contributed by atoms with Gasteiger partial charge in [-0.2, -0.15) is 5.26 Å². The van der Waals surface area contributed by atoms with Crippen LogP contribution in [0.4, 0.5) is 13.6 Å². The Labute approximate surface area is 306 Å². The van der Waals surface area contributed by atoms with Crippen molar-refractivity contribution in [1.82, 2.24) is 5.32 Å². The summed E-state index contributed by atoms with van der Waals surface area (Å²) in [5.41, 5.74) is -1.85. The van der Waals surface area contributed by atoms with E-state index in [4.69, 9.17) is 42.1 Å². The molecule has 4 rings (SSSR count). The number of ether oxygens (including phenoxy) is 4. The molecule has 0 saturated carbocycles. The van der Waals surface area contributed by atoms with Crippen molar-refractivity contribution in [3.63, 3.8) is 0 Å². The minimum absolute atomic E-state index is 0.0284. The standard InChI is InChI=1S/C38H40Cl2F2N2O7/c1-20(2)49-36(47)51-21(3)50-35(46)23-12-11-22(30(16-23)48-7)15-29(45)34-32(25-9-8-10-27(40)33(25)42)38(19-43,31(44-34)18-37(4,5)6)26-14-13-24(39)17-28(26)41/h8-14,16-17,20-21,31-32,34,44H,15,18H2,1-7H3/t21?,31-,32-,34-,38-/m0/s1. The molecule has 0 aromatic heterocycles. The molecule has 1 heterocycles. The summed E-state index contributed by atoms with van der Waals surface area (Å²) in [6.07, 6.45) is -2.67. The van der Waals surface area contributed by atoms with Gasteiger partial charge in [-0.15, -0.1) is 0 Å². The molecule has 13 heteroatoms. The Morgan fingerprint density at radius 2 is 1.71 bits per heavy atom. The van der Waals surface area contributed by atoms with Crippen LogP contribution in [0.2, 0.25) is 10.0 Å². The molecule has 3 aromatic rings. The number of nitrogens with one attached hydrogen (secondary N) is 1. The fourth-order valence-corrected chi connectivity index (χ4v) is 6.86. The summed E-state index contributed by atoms with van der Waals surface area (Å²) in [5.74, 6) is -3.96. The zero-order valence-electron chi connectivity index (χ0n) is 29.3. The van der Waals surface area contributed by atoms with Crippen LogP contribution >= 0.6 is 23.2 Å². The van der Waals surface area contributed by atoms with Crippen molar-refractivity contribution >= 4 is 41.1 Å². The van der Waals surface area contributed by atoms with Gasteiger partial charge in [0.05, 0.1) is 35.9 Å². The molecule has 272 valence electrons. The van der Waals surface area contributed by atoms with Crippen molar-refractivity contribution in [2.75, 3.05) is 7.11 Å². The first kappa shape index (κ1) is 39.5. The van der Waals surface area contributed by atoms with Gasteiger partial charge in [-0.05, 0) is 61.6 Å². The average Bonchev–Trinajstić information content (AvgIpc) is 3.34. The van der Waals surface area contributed by atoms with Gasteiger partial charge in [0.25, 0.3) is 0 Å². The molecular weight excluding hydrogens is 705 g/mol. The first-order valence-corrected chi connectivity index (χ1v) is 17.0. The summed E-state index contributed by atoms with van der Waals surface area (Å²) in [6.45, 7) is 10.5. The quantitative estimate of drug-likeness (QED) is 0.152. The third kappa shape index (κ3) is 8.80. The third-order valence-corrected chi connectivity index (χ3v) is 9.08. The second-order valence-electron chi connectivity index (χ2n) is 13.9. The van der Waals surface area contributed by atoms with Gasteiger partial charge < -0.3 is 24.3 Å². The number of halogens is 4. The molecule has 1 N–H and O–H groups in total. The molecule has 1 saturated heterocycles. The van der Waals surface area contributed by atoms with Crippen molar-refractivity contribution in [3.05, 3.63) is 98.5 Å². The number of methoxy groups -OCH3 is 1. The summed E-state index contributed by atoms with van der Waals surface area (Å²) in [7, 11) is 1.35. The van der Waals surface area contributed by atoms with Crippen molar-refractivity contribution in [2.45, 2.75) is 90.2 Å². The first-order chi connectivity index (χ1) is 23.9. The molecule has 1 unspecified atom stereocenters. The maximum atomic E-state index is 16.0. The second kappa shape index (κ2) is 16.0. The normalized spacial score (nSPS) is 20.7. The van der Waals surface area contributed by atoms with Crippen LogP contribution < -0.4 is 10.1 Å². The second-order valence-corrected chi connectivity index (χ2v) is 14.7. The van der Waals surface area contributed by atoms with E-state index in [2.05, 4.69) is 11.4 Å². The fraction of sp³-hybridized carbons (Fsp3) is 0.421. The maximum Gasteiger partial charge on any atom is 0.511 e. The van der Waals surface area contributed by atoms with Gasteiger partial charge in [0.2, 0.25) is 6.29 Å². The molecular formula is C38H40Cl2F2N2O7. The third-order valence-electron chi connectivity index (χ3n) is 8.55. The van der Waals surface area contributed by atoms with Crippen LogP contribution in [0.15, 0.2) is 54.6 Å². The maximum absolute atomic E-state index is 16.0. The number of hydrogen-bond donors (Lipinski definition) is 1. The van der Waals surface area contributed by atoms with Gasteiger partial charge in [0.15, 0.2) is 5.78 Å². The summed E-state index contributed by atoms with van der Waals surface area (Å²) in [5, 5.41) is 14.3. The van der Waals surface area contributed by atoms with Crippen LogP contribution in [0.3, 0.4) is 0 Å². The topological polar surface area (TPSA) is 124 Å². The van der Waals surface area contributed by atoms with E-state index in [1.54, 1.807) is 13.8 Å². The van der Waals surface area contributed by atoms with Gasteiger partial charge in [0, 0.05) is 41.5 Å². The molecule has 3 aromatic carbocycles. The van der Waals surface area contributed by atoms with E-state index < -0.39 is 70.8 Å². The average molecular weight is 746 g/mol. The van der Waals surface area contributed by atoms with E-state index in [0.29, 0.717) is 12.0 Å². The van der Waals surface area contributed by atoms with E-state index in [-0.39, 0.29) is 38.9 Å². The summed E-state index contributed by atoms with van der Waals surface area (Å²) in [4.78, 5) is 39.1. The summed E-state index contributed by atoms with van der Waals surface area (Å²) >= 11 is 12.4. The number of nitrogens with zero attached hydrogens (tertiary/aromatic N) is 1. The number of hydrogen-bond acceptors (Lipinski definition) is 9. The van der Waals surface area contributed by atoms with Crippen LogP contribution in [-0.4, -0.2) is 49.5 Å². The lowest BCUT2D eigenvalue weighted by atomic mass is 9.62. The van der Waals surface area contributed by atoms with Crippen molar-refractivity contribution in [3.8, 4) is 11.8 Å².